The minimum atomic E-state index is -0.100. The second-order valence-electron chi connectivity index (χ2n) is 8.49. The first kappa shape index (κ1) is 22.5. The van der Waals surface area contributed by atoms with E-state index in [0.717, 1.165) is 53.9 Å². The molecule has 0 aliphatic carbocycles. The molecule has 1 aromatic heterocycles. The Kier molecular flexibility index (Phi) is 7.25. The van der Waals surface area contributed by atoms with Crippen LogP contribution in [0.25, 0.3) is 10.4 Å². The minimum absolute atomic E-state index is 0.0455. The van der Waals surface area contributed by atoms with Crippen molar-refractivity contribution in [3.63, 3.8) is 0 Å². The molecular formula is C26H32N4OS. The van der Waals surface area contributed by atoms with Gasteiger partial charge in [0.1, 0.15) is 0 Å². The molecule has 0 spiro atoms. The molecule has 1 saturated heterocycles. The molecule has 32 heavy (non-hydrogen) atoms. The molecule has 0 unspecified atom stereocenters. The van der Waals surface area contributed by atoms with E-state index in [1.54, 1.807) is 11.3 Å². The molecule has 3 aromatic rings. The monoisotopic (exact) mass is 448 g/mol. The second kappa shape index (κ2) is 10.3. The average Bonchev–Trinajstić information content (AvgIpc) is 3.30. The minimum Gasteiger partial charge on any atom is -0.382 e. The van der Waals surface area contributed by atoms with Crippen molar-refractivity contribution in [1.82, 2.24) is 10.6 Å². The number of nitrogens with two attached hydrogens (primary N) is 1. The zero-order valence-corrected chi connectivity index (χ0v) is 19.6. The largest absolute Gasteiger partial charge is 0.382 e. The van der Waals surface area contributed by atoms with Crippen LogP contribution in [0.3, 0.4) is 0 Å². The number of thiophene rings is 1. The third-order valence-electron chi connectivity index (χ3n) is 6.07. The lowest BCUT2D eigenvalue weighted by Gasteiger charge is -2.25. The summed E-state index contributed by atoms with van der Waals surface area (Å²) in [5.74, 6) is -0.0455. The van der Waals surface area contributed by atoms with Crippen molar-refractivity contribution in [2.45, 2.75) is 45.3 Å². The summed E-state index contributed by atoms with van der Waals surface area (Å²) >= 11 is 1.71. The van der Waals surface area contributed by atoms with E-state index < -0.39 is 0 Å². The molecule has 1 amide bonds. The number of carbonyl (C=O) groups excluding carboxylic acids is 1. The predicted molar refractivity (Wildman–Crippen MR) is 134 cm³/mol. The van der Waals surface area contributed by atoms with Crippen LogP contribution in [-0.4, -0.2) is 25.0 Å². The van der Waals surface area contributed by atoms with Gasteiger partial charge in [-0.3, -0.25) is 4.79 Å². The molecule has 1 atom stereocenters. The van der Waals surface area contributed by atoms with E-state index in [2.05, 4.69) is 52.3 Å². The number of benzene rings is 2. The van der Waals surface area contributed by atoms with Crippen LogP contribution < -0.4 is 21.7 Å². The van der Waals surface area contributed by atoms with Crippen LogP contribution in [0.15, 0.2) is 54.6 Å². The lowest BCUT2D eigenvalue weighted by molar-refractivity contribution is 0.0939. The standard InChI is InChI=1S/C26H32N4OS/c1-17-6-7-22(30-21-10-12-28-13-11-21)15-24(17)26(31)29-18(2)19-4-3-5-20(14-19)25-9-8-23(16-27)32-25/h3-9,14-15,18,21,28,30H,10-13,16,27H2,1-2H3,(H,29,31)/t18-/m1/s1. The number of rotatable bonds is 7. The first-order chi connectivity index (χ1) is 15.5. The third-order valence-corrected chi connectivity index (χ3v) is 7.23. The van der Waals surface area contributed by atoms with Gasteiger partial charge in [0.15, 0.2) is 0 Å². The normalized spacial score (nSPS) is 15.3. The van der Waals surface area contributed by atoms with Crippen molar-refractivity contribution in [3.05, 3.63) is 76.2 Å². The van der Waals surface area contributed by atoms with E-state index in [0.29, 0.717) is 12.6 Å². The number of aryl methyl sites for hydroxylation is 1. The van der Waals surface area contributed by atoms with Crippen LogP contribution in [0.2, 0.25) is 0 Å². The second-order valence-corrected chi connectivity index (χ2v) is 9.66. The number of hydrogen-bond donors (Lipinski definition) is 4. The van der Waals surface area contributed by atoms with Gasteiger partial charge in [-0.15, -0.1) is 11.3 Å². The predicted octanol–water partition coefficient (Wildman–Crippen LogP) is 4.84. The van der Waals surface area contributed by atoms with Gasteiger partial charge in [-0.05, 0) is 86.8 Å². The Hall–Kier alpha value is -2.67. The van der Waals surface area contributed by atoms with Crippen LogP contribution in [-0.2, 0) is 6.54 Å². The summed E-state index contributed by atoms with van der Waals surface area (Å²) in [6, 6.07) is 19.0. The molecule has 1 aliphatic rings. The zero-order valence-electron chi connectivity index (χ0n) is 18.8. The highest BCUT2D eigenvalue weighted by Crippen LogP contribution is 2.30. The van der Waals surface area contributed by atoms with Gasteiger partial charge < -0.3 is 21.7 Å². The number of carbonyl (C=O) groups is 1. The van der Waals surface area contributed by atoms with Gasteiger partial charge in [-0.1, -0.05) is 24.3 Å². The average molecular weight is 449 g/mol. The smallest absolute Gasteiger partial charge is 0.252 e. The Balaban J connectivity index is 1.46. The molecule has 168 valence electrons. The van der Waals surface area contributed by atoms with Gasteiger partial charge in [0.05, 0.1) is 6.04 Å². The maximum Gasteiger partial charge on any atom is 0.252 e. The van der Waals surface area contributed by atoms with Crippen LogP contribution in [0, 0.1) is 6.92 Å². The maximum absolute atomic E-state index is 13.1. The Morgan fingerprint density at radius 1 is 1.16 bits per heavy atom. The van der Waals surface area contributed by atoms with E-state index in [1.165, 1.54) is 9.75 Å². The highest BCUT2D eigenvalue weighted by molar-refractivity contribution is 7.15. The van der Waals surface area contributed by atoms with E-state index in [4.69, 9.17) is 5.73 Å². The van der Waals surface area contributed by atoms with Crippen molar-refractivity contribution in [2.24, 2.45) is 5.73 Å². The molecule has 2 heterocycles. The summed E-state index contributed by atoms with van der Waals surface area (Å²) in [5.41, 5.74) is 10.7. The Labute approximate surface area is 194 Å². The van der Waals surface area contributed by atoms with Crippen LogP contribution in [0.5, 0.6) is 0 Å². The van der Waals surface area contributed by atoms with E-state index in [-0.39, 0.29) is 11.9 Å². The van der Waals surface area contributed by atoms with E-state index in [9.17, 15) is 4.79 Å². The summed E-state index contributed by atoms with van der Waals surface area (Å²) in [5, 5.41) is 10.2. The molecule has 4 rings (SSSR count). The van der Waals surface area contributed by atoms with Gasteiger partial charge in [0, 0.05) is 33.6 Å². The third kappa shape index (κ3) is 5.38. The highest BCUT2D eigenvalue weighted by atomic mass is 32.1. The fraction of sp³-hybridized carbons (Fsp3) is 0.346. The number of hydrogen-bond acceptors (Lipinski definition) is 5. The van der Waals surface area contributed by atoms with Crippen molar-refractivity contribution in [1.29, 1.82) is 0 Å². The van der Waals surface area contributed by atoms with Crippen LogP contribution in [0.1, 0.15) is 52.2 Å². The molecule has 1 aliphatic heterocycles. The van der Waals surface area contributed by atoms with E-state index >= 15 is 0 Å². The molecule has 5 N–H and O–H groups in total. The quantitative estimate of drug-likeness (QED) is 0.417. The van der Waals surface area contributed by atoms with Crippen LogP contribution >= 0.6 is 11.3 Å². The van der Waals surface area contributed by atoms with Gasteiger partial charge in [0.25, 0.3) is 5.91 Å². The molecule has 2 aromatic carbocycles. The van der Waals surface area contributed by atoms with Gasteiger partial charge in [-0.2, -0.15) is 0 Å². The molecule has 0 bridgehead atoms. The van der Waals surface area contributed by atoms with Gasteiger partial charge in [0.2, 0.25) is 0 Å². The maximum atomic E-state index is 13.1. The molecule has 0 radical (unpaired) electrons. The topological polar surface area (TPSA) is 79.2 Å². The number of anilines is 1. The molecule has 1 fully saturated rings. The Morgan fingerprint density at radius 3 is 2.72 bits per heavy atom. The fourth-order valence-electron chi connectivity index (χ4n) is 4.12. The number of nitrogens with one attached hydrogen (secondary N) is 3. The zero-order chi connectivity index (χ0) is 22.5. The molecule has 6 heteroatoms. The fourth-order valence-corrected chi connectivity index (χ4v) is 5.00. The number of piperidine rings is 1. The van der Waals surface area contributed by atoms with Crippen LogP contribution in [0.4, 0.5) is 5.69 Å². The lowest BCUT2D eigenvalue weighted by atomic mass is 10.0. The van der Waals surface area contributed by atoms with Crippen molar-refractivity contribution < 1.29 is 4.79 Å². The summed E-state index contributed by atoms with van der Waals surface area (Å²) < 4.78 is 0. The van der Waals surface area contributed by atoms with Gasteiger partial charge in [-0.25, -0.2) is 0 Å². The SMILES string of the molecule is Cc1ccc(NC2CCNCC2)cc1C(=O)N[C@H](C)c1cccc(-c2ccc(CN)s2)c1. The summed E-state index contributed by atoms with van der Waals surface area (Å²) in [7, 11) is 0. The molecular weight excluding hydrogens is 416 g/mol. The van der Waals surface area contributed by atoms with E-state index in [1.807, 2.05) is 32.0 Å². The van der Waals surface area contributed by atoms with Gasteiger partial charge >= 0.3 is 0 Å². The highest BCUT2D eigenvalue weighted by Gasteiger charge is 2.17. The number of amides is 1. The molecule has 0 saturated carbocycles. The lowest BCUT2D eigenvalue weighted by Crippen LogP contribution is -2.35. The van der Waals surface area contributed by atoms with Crippen molar-refractivity contribution >= 4 is 22.9 Å². The summed E-state index contributed by atoms with van der Waals surface area (Å²) in [6.45, 7) is 6.64. The van der Waals surface area contributed by atoms with Crippen molar-refractivity contribution in [3.8, 4) is 10.4 Å². The summed E-state index contributed by atoms with van der Waals surface area (Å²) in [4.78, 5) is 15.5. The molecule has 5 nitrogen and oxygen atoms in total. The Bertz CT molecular complexity index is 1070. The summed E-state index contributed by atoms with van der Waals surface area (Å²) in [6.07, 6.45) is 2.19. The first-order valence-corrected chi connectivity index (χ1v) is 12.1. The van der Waals surface area contributed by atoms with Crippen molar-refractivity contribution in [2.75, 3.05) is 18.4 Å². The Morgan fingerprint density at radius 2 is 1.97 bits per heavy atom. The first-order valence-electron chi connectivity index (χ1n) is 11.3.